The number of sulfonamides is 1. The predicted molar refractivity (Wildman–Crippen MR) is 132 cm³/mol. The minimum atomic E-state index is -4.09. The SMILES string of the molecule is COc1cc(C=Cc2cc(OC)c(OC)c(OC)c2)c(NS(=O)(=O)c2cccc(F)c2)cc1OC. The van der Waals surface area contributed by atoms with Crippen molar-refractivity contribution in [1.29, 1.82) is 0 Å². The molecule has 186 valence electrons. The van der Waals surface area contributed by atoms with Gasteiger partial charge in [0.1, 0.15) is 5.82 Å². The highest BCUT2D eigenvalue weighted by Gasteiger charge is 2.19. The second-order valence-electron chi connectivity index (χ2n) is 7.15. The summed E-state index contributed by atoms with van der Waals surface area (Å²) in [5, 5.41) is 0. The molecule has 1 N–H and O–H groups in total. The quantitative estimate of drug-likeness (QED) is 0.396. The summed E-state index contributed by atoms with van der Waals surface area (Å²) in [5.74, 6) is 1.42. The van der Waals surface area contributed by atoms with E-state index in [9.17, 15) is 12.8 Å². The molecule has 0 saturated carbocycles. The molecule has 3 aromatic carbocycles. The predicted octanol–water partition coefficient (Wildman–Crippen LogP) is 4.84. The molecule has 3 rings (SSSR count). The second-order valence-corrected chi connectivity index (χ2v) is 8.83. The number of nitrogens with one attached hydrogen (secondary N) is 1. The molecule has 8 nitrogen and oxygen atoms in total. The van der Waals surface area contributed by atoms with E-state index in [1.54, 1.807) is 30.4 Å². The molecule has 0 amide bonds. The third-order valence-electron chi connectivity index (χ3n) is 5.05. The van der Waals surface area contributed by atoms with Crippen LogP contribution in [0.15, 0.2) is 53.4 Å². The van der Waals surface area contributed by atoms with Crippen LogP contribution < -0.4 is 28.4 Å². The molecule has 0 atom stereocenters. The van der Waals surface area contributed by atoms with Crippen molar-refractivity contribution >= 4 is 27.9 Å². The van der Waals surface area contributed by atoms with Gasteiger partial charge < -0.3 is 23.7 Å². The Kier molecular flexibility index (Phi) is 8.08. The van der Waals surface area contributed by atoms with Crippen molar-refractivity contribution in [2.45, 2.75) is 4.90 Å². The summed E-state index contributed by atoms with van der Waals surface area (Å²) in [4.78, 5) is -0.216. The third kappa shape index (κ3) is 5.78. The molecular formula is C25H26FNO7S. The lowest BCUT2D eigenvalue weighted by molar-refractivity contribution is 0.324. The molecule has 0 spiro atoms. The van der Waals surface area contributed by atoms with E-state index in [0.717, 1.165) is 6.07 Å². The van der Waals surface area contributed by atoms with Crippen LogP contribution in [0.4, 0.5) is 10.1 Å². The lowest BCUT2D eigenvalue weighted by Crippen LogP contribution is -2.14. The van der Waals surface area contributed by atoms with Crippen LogP contribution in [-0.2, 0) is 10.0 Å². The van der Waals surface area contributed by atoms with E-state index >= 15 is 0 Å². The van der Waals surface area contributed by atoms with Crippen LogP contribution in [-0.4, -0.2) is 44.0 Å². The van der Waals surface area contributed by atoms with Gasteiger partial charge in [0, 0.05) is 11.6 Å². The fourth-order valence-corrected chi connectivity index (χ4v) is 4.45. The summed E-state index contributed by atoms with van der Waals surface area (Å²) in [5.41, 5.74) is 1.38. The Morgan fingerprint density at radius 1 is 0.743 bits per heavy atom. The normalized spacial score (nSPS) is 11.3. The molecule has 0 bridgehead atoms. The number of hydrogen-bond donors (Lipinski definition) is 1. The summed E-state index contributed by atoms with van der Waals surface area (Å²) in [7, 11) is 3.35. The maximum Gasteiger partial charge on any atom is 0.262 e. The van der Waals surface area contributed by atoms with Crippen LogP contribution in [0.3, 0.4) is 0 Å². The topological polar surface area (TPSA) is 92.3 Å². The first-order valence-corrected chi connectivity index (χ1v) is 11.8. The van der Waals surface area contributed by atoms with Crippen molar-refractivity contribution in [3.8, 4) is 28.7 Å². The van der Waals surface area contributed by atoms with Crippen molar-refractivity contribution in [1.82, 2.24) is 0 Å². The lowest BCUT2D eigenvalue weighted by atomic mass is 10.1. The maximum atomic E-state index is 13.6. The third-order valence-corrected chi connectivity index (χ3v) is 6.41. The number of ether oxygens (including phenoxy) is 5. The molecular weight excluding hydrogens is 477 g/mol. The Balaban J connectivity index is 2.09. The molecule has 0 aliphatic heterocycles. The highest BCUT2D eigenvalue weighted by atomic mass is 32.2. The van der Waals surface area contributed by atoms with Gasteiger partial charge in [-0.25, -0.2) is 12.8 Å². The van der Waals surface area contributed by atoms with E-state index in [1.807, 2.05) is 0 Å². The van der Waals surface area contributed by atoms with Gasteiger partial charge in [-0.2, -0.15) is 0 Å². The van der Waals surface area contributed by atoms with Crippen molar-refractivity contribution in [2.24, 2.45) is 0 Å². The van der Waals surface area contributed by atoms with E-state index in [2.05, 4.69) is 4.72 Å². The standard InChI is InChI=1S/C25H26FNO7S/c1-30-21-13-17(10-9-16-11-23(32-3)25(34-5)24(12-16)33-4)20(15-22(21)31-2)27-35(28,29)19-8-6-7-18(26)14-19/h6-15,27H,1-5H3. The van der Waals surface area contributed by atoms with Crippen LogP contribution in [0, 0.1) is 5.82 Å². The van der Waals surface area contributed by atoms with Gasteiger partial charge in [-0.05, 0) is 42.0 Å². The Hall–Kier alpha value is -3.92. The van der Waals surface area contributed by atoms with Gasteiger partial charge in [-0.15, -0.1) is 0 Å². The van der Waals surface area contributed by atoms with Crippen molar-refractivity contribution in [3.63, 3.8) is 0 Å². The largest absolute Gasteiger partial charge is 0.493 e. The van der Waals surface area contributed by atoms with E-state index < -0.39 is 15.8 Å². The fraction of sp³-hybridized carbons (Fsp3) is 0.200. The molecule has 0 fully saturated rings. The number of anilines is 1. The number of methoxy groups -OCH3 is 5. The van der Waals surface area contributed by atoms with E-state index in [4.69, 9.17) is 23.7 Å². The van der Waals surface area contributed by atoms with Gasteiger partial charge in [0.05, 0.1) is 46.1 Å². The van der Waals surface area contributed by atoms with Gasteiger partial charge in [0.25, 0.3) is 10.0 Å². The van der Waals surface area contributed by atoms with Crippen LogP contribution in [0.1, 0.15) is 11.1 Å². The molecule has 0 heterocycles. The lowest BCUT2D eigenvalue weighted by Gasteiger charge is -2.15. The monoisotopic (exact) mass is 503 g/mol. The summed E-state index contributed by atoms with van der Waals surface area (Å²) < 4.78 is 68.9. The van der Waals surface area contributed by atoms with Crippen LogP contribution in [0.25, 0.3) is 12.2 Å². The first-order valence-electron chi connectivity index (χ1n) is 10.3. The highest BCUT2D eigenvalue weighted by molar-refractivity contribution is 7.92. The highest BCUT2D eigenvalue weighted by Crippen LogP contribution is 2.39. The number of rotatable bonds is 10. The van der Waals surface area contributed by atoms with Gasteiger partial charge in [-0.3, -0.25) is 4.72 Å². The zero-order valence-corrected chi connectivity index (χ0v) is 20.7. The first-order chi connectivity index (χ1) is 16.8. The summed E-state index contributed by atoms with van der Waals surface area (Å²) in [6.45, 7) is 0. The first kappa shape index (κ1) is 25.7. The number of halogens is 1. The van der Waals surface area contributed by atoms with Crippen molar-refractivity contribution in [3.05, 3.63) is 65.5 Å². The van der Waals surface area contributed by atoms with E-state index in [1.165, 1.54) is 59.8 Å². The summed E-state index contributed by atoms with van der Waals surface area (Å²) >= 11 is 0. The average molecular weight is 504 g/mol. The van der Waals surface area contributed by atoms with Gasteiger partial charge in [-0.1, -0.05) is 18.2 Å². The molecule has 10 heteroatoms. The minimum Gasteiger partial charge on any atom is -0.493 e. The molecule has 0 radical (unpaired) electrons. The Morgan fingerprint density at radius 2 is 1.34 bits per heavy atom. The minimum absolute atomic E-state index is 0.204. The summed E-state index contributed by atoms with van der Waals surface area (Å²) in [6.07, 6.45) is 3.43. The number of hydrogen-bond acceptors (Lipinski definition) is 7. The van der Waals surface area contributed by atoms with Gasteiger partial charge in [0.2, 0.25) is 5.75 Å². The second kappa shape index (κ2) is 11.0. The molecule has 3 aromatic rings. The zero-order valence-electron chi connectivity index (χ0n) is 19.9. The van der Waals surface area contributed by atoms with Gasteiger partial charge >= 0.3 is 0 Å². The Morgan fingerprint density at radius 3 is 1.89 bits per heavy atom. The molecule has 0 aliphatic carbocycles. The van der Waals surface area contributed by atoms with E-state index in [-0.39, 0.29) is 10.6 Å². The van der Waals surface area contributed by atoms with Crippen molar-refractivity contribution in [2.75, 3.05) is 40.3 Å². The van der Waals surface area contributed by atoms with Crippen LogP contribution >= 0.6 is 0 Å². The fourth-order valence-electron chi connectivity index (χ4n) is 3.34. The molecule has 35 heavy (non-hydrogen) atoms. The smallest absolute Gasteiger partial charge is 0.262 e. The van der Waals surface area contributed by atoms with Crippen LogP contribution in [0.5, 0.6) is 28.7 Å². The van der Waals surface area contributed by atoms with Gasteiger partial charge in [0.15, 0.2) is 23.0 Å². The number of benzene rings is 3. The maximum absolute atomic E-state index is 13.6. The molecule has 0 unspecified atom stereocenters. The Labute approximate surface area is 203 Å². The molecule has 0 aromatic heterocycles. The zero-order chi connectivity index (χ0) is 25.6. The molecule has 0 aliphatic rings. The van der Waals surface area contributed by atoms with Crippen LogP contribution in [0.2, 0.25) is 0 Å². The molecule has 0 saturated heterocycles. The Bertz CT molecular complexity index is 1310. The van der Waals surface area contributed by atoms with Crippen molar-refractivity contribution < 1.29 is 36.5 Å². The summed E-state index contributed by atoms with van der Waals surface area (Å²) in [6, 6.07) is 11.3. The average Bonchev–Trinajstić information content (AvgIpc) is 2.86. The van der Waals surface area contributed by atoms with E-state index in [0.29, 0.717) is 39.9 Å².